The molecule has 0 bridgehead atoms. The second-order valence-electron chi connectivity index (χ2n) is 7.51. The van der Waals surface area contributed by atoms with Crippen LogP contribution in [0.5, 0.6) is 0 Å². The first-order valence-electron chi connectivity index (χ1n) is 8.51. The number of allylic oxidation sites excluding steroid dienone is 1. The molecular weight excluding hydrogens is 356 g/mol. The summed E-state index contributed by atoms with van der Waals surface area (Å²) in [5.41, 5.74) is -2.53. The Kier molecular flexibility index (Phi) is 4.60. The quantitative estimate of drug-likeness (QED) is 0.792. The number of rotatable bonds is 2. The SMILES string of the molecule is CC1(C)CC2(C=C(C#N)C1=O)CN(C(=O)C(F)(F)c1ccncc1)CCO2. The van der Waals surface area contributed by atoms with E-state index in [1.807, 2.05) is 6.07 Å². The molecule has 1 amide bonds. The fraction of sp³-hybridized carbons (Fsp3) is 0.474. The highest BCUT2D eigenvalue weighted by Gasteiger charge is 2.51. The Morgan fingerprint density at radius 1 is 1.37 bits per heavy atom. The van der Waals surface area contributed by atoms with E-state index >= 15 is 0 Å². The second-order valence-corrected chi connectivity index (χ2v) is 7.51. The van der Waals surface area contributed by atoms with Crippen LogP contribution in [-0.2, 0) is 20.2 Å². The van der Waals surface area contributed by atoms with Crippen molar-refractivity contribution in [3.8, 4) is 6.07 Å². The highest BCUT2D eigenvalue weighted by Crippen LogP contribution is 2.42. The molecule has 1 saturated heterocycles. The van der Waals surface area contributed by atoms with Gasteiger partial charge in [0, 0.05) is 29.9 Å². The van der Waals surface area contributed by atoms with Crippen LogP contribution in [0.2, 0.25) is 0 Å². The molecule has 1 fully saturated rings. The molecule has 1 unspecified atom stereocenters. The number of carbonyl (C=O) groups is 2. The van der Waals surface area contributed by atoms with Crippen molar-refractivity contribution in [3.63, 3.8) is 0 Å². The molecule has 3 rings (SSSR count). The summed E-state index contributed by atoms with van der Waals surface area (Å²) in [6, 6.07) is 4.06. The lowest BCUT2D eigenvalue weighted by atomic mass is 9.69. The van der Waals surface area contributed by atoms with Gasteiger partial charge < -0.3 is 9.64 Å². The topological polar surface area (TPSA) is 83.3 Å². The van der Waals surface area contributed by atoms with Gasteiger partial charge in [0.1, 0.15) is 11.7 Å². The summed E-state index contributed by atoms with van der Waals surface area (Å²) < 4.78 is 35.1. The first-order chi connectivity index (χ1) is 12.6. The summed E-state index contributed by atoms with van der Waals surface area (Å²) >= 11 is 0. The summed E-state index contributed by atoms with van der Waals surface area (Å²) in [4.78, 5) is 29.6. The Balaban J connectivity index is 1.90. The van der Waals surface area contributed by atoms with E-state index in [1.165, 1.54) is 18.5 Å². The van der Waals surface area contributed by atoms with Crippen LogP contribution in [0.3, 0.4) is 0 Å². The van der Waals surface area contributed by atoms with Crippen LogP contribution in [-0.4, -0.2) is 46.9 Å². The molecule has 2 heterocycles. The third kappa shape index (κ3) is 3.35. The fourth-order valence-electron chi connectivity index (χ4n) is 3.71. The van der Waals surface area contributed by atoms with Crippen molar-refractivity contribution in [1.82, 2.24) is 9.88 Å². The third-order valence-corrected chi connectivity index (χ3v) is 4.94. The maximum atomic E-state index is 14.7. The molecule has 8 heteroatoms. The highest BCUT2D eigenvalue weighted by atomic mass is 19.3. The predicted octanol–water partition coefficient (Wildman–Crippen LogP) is 2.22. The number of alkyl halides is 2. The minimum absolute atomic E-state index is 0.00532. The van der Waals surface area contributed by atoms with Crippen molar-refractivity contribution in [2.24, 2.45) is 5.41 Å². The van der Waals surface area contributed by atoms with Crippen LogP contribution in [0.15, 0.2) is 36.2 Å². The Morgan fingerprint density at radius 2 is 2.04 bits per heavy atom. The normalized spacial score (nSPS) is 25.1. The Labute approximate surface area is 155 Å². The van der Waals surface area contributed by atoms with Gasteiger partial charge in [-0.25, -0.2) is 0 Å². The molecule has 142 valence electrons. The summed E-state index contributed by atoms with van der Waals surface area (Å²) in [5, 5.41) is 9.26. The predicted molar refractivity (Wildman–Crippen MR) is 90.5 cm³/mol. The number of Topliss-reactive ketones (excluding diaryl/α,β-unsaturated/α-hetero) is 1. The molecule has 6 nitrogen and oxygen atoms in total. The first-order valence-corrected chi connectivity index (χ1v) is 8.51. The van der Waals surface area contributed by atoms with E-state index in [9.17, 15) is 23.6 Å². The second kappa shape index (κ2) is 6.50. The molecule has 2 aliphatic rings. The van der Waals surface area contributed by atoms with Gasteiger partial charge >= 0.3 is 5.92 Å². The highest BCUT2D eigenvalue weighted by molar-refractivity contribution is 6.04. The van der Waals surface area contributed by atoms with Gasteiger partial charge in [-0.3, -0.25) is 14.6 Å². The van der Waals surface area contributed by atoms with Crippen molar-refractivity contribution in [2.75, 3.05) is 19.7 Å². The number of ether oxygens (including phenoxy) is 1. The van der Waals surface area contributed by atoms with E-state index in [4.69, 9.17) is 4.74 Å². The molecule has 0 aromatic carbocycles. The lowest BCUT2D eigenvalue weighted by molar-refractivity contribution is -0.173. The molecular formula is C19H19F2N3O3. The van der Waals surface area contributed by atoms with Crippen molar-refractivity contribution in [2.45, 2.75) is 31.8 Å². The van der Waals surface area contributed by atoms with Crippen LogP contribution < -0.4 is 0 Å². The maximum absolute atomic E-state index is 14.7. The molecule has 1 aromatic heterocycles. The molecule has 1 aliphatic heterocycles. The average Bonchev–Trinajstić information content (AvgIpc) is 2.64. The molecule has 1 atom stereocenters. The van der Waals surface area contributed by atoms with Crippen LogP contribution in [0.25, 0.3) is 0 Å². The average molecular weight is 375 g/mol. The number of aromatic nitrogens is 1. The Hall–Kier alpha value is -2.66. The van der Waals surface area contributed by atoms with Crippen molar-refractivity contribution >= 4 is 11.7 Å². The maximum Gasteiger partial charge on any atom is 0.350 e. The van der Waals surface area contributed by atoms with Gasteiger partial charge in [0.2, 0.25) is 0 Å². The molecule has 0 N–H and O–H groups in total. The number of nitrogens with zero attached hydrogens (tertiary/aromatic N) is 3. The Bertz CT molecular complexity index is 846. The van der Waals surface area contributed by atoms with Crippen LogP contribution in [0.4, 0.5) is 8.78 Å². The lowest BCUT2D eigenvalue weighted by Gasteiger charge is -2.47. The van der Waals surface area contributed by atoms with Gasteiger partial charge in [-0.1, -0.05) is 13.8 Å². The van der Waals surface area contributed by atoms with Gasteiger partial charge in [0.05, 0.1) is 18.7 Å². The van der Waals surface area contributed by atoms with E-state index in [-0.39, 0.29) is 37.5 Å². The number of morpholine rings is 1. The lowest BCUT2D eigenvalue weighted by Crippen LogP contribution is -2.58. The van der Waals surface area contributed by atoms with Gasteiger partial charge in [-0.15, -0.1) is 0 Å². The van der Waals surface area contributed by atoms with Crippen molar-refractivity contribution in [1.29, 1.82) is 5.26 Å². The minimum atomic E-state index is -3.71. The van der Waals surface area contributed by atoms with E-state index in [1.54, 1.807) is 13.8 Å². The zero-order valence-corrected chi connectivity index (χ0v) is 15.0. The number of amides is 1. The number of halogens is 2. The first kappa shape index (κ1) is 19.1. The van der Waals surface area contributed by atoms with Gasteiger partial charge in [-0.05, 0) is 24.6 Å². The number of pyridine rings is 1. The number of ketones is 1. The zero-order valence-electron chi connectivity index (χ0n) is 15.0. The molecule has 27 heavy (non-hydrogen) atoms. The van der Waals surface area contributed by atoms with Crippen molar-refractivity contribution < 1.29 is 23.1 Å². The van der Waals surface area contributed by atoms with E-state index in [0.29, 0.717) is 0 Å². The summed E-state index contributed by atoms with van der Waals surface area (Å²) in [6.07, 6.45) is 3.99. The zero-order chi connectivity index (χ0) is 19.9. The third-order valence-electron chi connectivity index (χ3n) is 4.94. The summed E-state index contributed by atoms with van der Waals surface area (Å²) in [5.74, 6) is -5.36. The van der Waals surface area contributed by atoms with E-state index in [0.717, 1.165) is 17.0 Å². The molecule has 0 saturated carbocycles. The molecule has 0 radical (unpaired) electrons. The number of hydrogen-bond donors (Lipinski definition) is 0. The summed E-state index contributed by atoms with van der Waals surface area (Å²) in [7, 11) is 0. The van der Waals surface area contributed by atoms with Gasteiger partial charge in [0.25, 0.3) is 5.91 Å². The van der Waals surface area contributed by atoms with Crippen LogP contribution >= 0.6 is 0 Å². The molecule has 1 spiro atoms. The summed E-state index contributed by atoms with van der Waals surface area (Å²) in [6.45, 7) is 3.26. The Morgan fingerprint density at radius 3 is 2.67 bits per heavy atom. The van der Waals surface area contributed by atoms with E-state index < -0.39 is 28.4 Å². The number of hydrogen-bond acceptors (Lipinski definition) is 5. The minimum Gasteiger partial charge on any atom is -0.367 e. The monoisotopic (exact) mass is 375 g/mol. The van der Waals surface area contributed by atoms with Crippen LogP contribution in [0, 0.1) is 16.7 Å². The van der Waals surface area contributed by atoms with E-state index in [2.05, 4.69) is 4.98 Å². The van der Waals surface area contributed by atoms with Gasteiger partial charge in [-0.2, -0.15) is 14.0 Å². The van der Waals surface area contributed by atoms with Crippen LogP contribution in [0.1, 0.15) is 25.8 Å². The standard InChI is InChI=1S/C19H19F2N3O3/c1-17(2)11-18(9-13(10-22)15(17)25)12-24(7-8-27-18)16(26)19(20,21)14-3-5-23-6-4-14/h3-6,9H,7-8,11-12H2,1-2H3. The molecule has 1 aromatic rings. The smallest absolute Gasteiger partial charge is 0.350 e. The van der Waals surface area contributed by atoms with Crippen molar-refractivity contribution in [3.05, 3.63) is 41.7 Å². The largest absolute Gasteiger partial charge is 0.367 e. The fourth-order valence-corrected chi connectivity index (χ4v) is 3.71. The number of carbonyl (C=O) groups excluding carboxylic acids is 2. The molecule has 1 aliphatic carbocycles. The van der Waals surface area contributed by atoms with Gasteiger partial charge in [0.15, 0.2) is 5.78 Å². The number of nitriles is 1.